The van der Waals surface area contributed by atoms with Crippen LogP contribution in [0.15, 0.2) is 30.5 Å². The summed E-state index contributed by atoms with van der Waals surface area (Å²) in [5, 5.41) is 22.3. The number of aromatic hydroxyl groups is 1. The van der Waals surface area contributed by atoms with E-state index >= 15 is 4.39 Å². The molecule has 0 amide bonds. The first kappa shape index (κ1) is 30.9. The quantitative estimate of drug-likeness (QED) is 0.275. The Hall–Kier alpha value is -4.14. The van der Waals surface area contributed by atoms with E-state index in [1.807, 2.05) is 18.9 Å². The van der Waals surface area contributed by atoms with Crippen molar-refractivity contribution in [3.8, 4) is 35.4 Å². The lowest BCUT2D eigenvalue weighted by molar-refractivity contribution is 0.000293. The van der Waals surface area contributed by atoms with Gasteiger partial charge in [-0.15, -0.1) is 6.42 Å². The number of phenolic OH excluding ortho intramolecular Hbond substituents is 1. The topological polar surface area (TPSA) is 94.8 Å². The molecule has 0 aliphatic carbocycles. The average molecular weight is 620 g/mol. The third kappa shape index (κ3) is 5.73. The third-order valence-electron chi connectivity index (χ3n) is 9.26. The molecule has 11 heteroatoms. The van der Waals surface area contributed by atoms with E-state index in [9.17, 15) is 19.0 Å². The van der Waals surface area contributed by atoms with Crippen molar-refractivity contribution in [2.75, 3.05) is 51.4 Å². The number of rotatable bonds is 6. The van der Waals surface area contributed by atoms with E-state index in [0.29, 0.717) is 48.9 Å². The number of halogens is 3. The number of phenols is 1. The number of β-amino-alcohol motifs (C(OH)–C–C–N with tert-alkyl or cyclic N) is 1. The number of pyridine rings is 1. The lowest BCUT2D eigenvalue weighted by Gasteiger charge is -2.43. The number of benzene rings is 2. The van der Waals surface area contributed by atoms with E-state index in [4.69, 9.17) is 11.2 Å². The van der Waals surface area contributed by atoms with Crippen molar-refractivity contribution in [3.05, 3.63) is 47.7 Å². The number of aromatic nitrogens is 3. The van der Waals surface area contributed by atoms with Crippen LogP contribution in [0.5, 0.6) is 11.8 Å². The molecule has 4 heterocycles. The Balaban J connectivity index is 1.52. The molecule has 8 nitrogen and oxygen atoms in total. The Labute approximate surface area is 259 Å². The van der Waals surface area contributed by atoms with Gasteiger partial charge in [-0.1, -0.05) is 18.9 Å². The first-order valence-corrected chi connectivity index (χ1v) is 15.1. The lowest BCUT2D eigenvalue weighted by Crippen LogP contribution is -2.49. The summed E-state index contributed by atoms with van der Waals surface area (Å²) in [4.78, 5) is 17.6. The highest BCUT2D eigenvalue weighted by Crippen LogP contribution is 2.40. The minimum atomic E-state index is -0.993. The summed E-state index contributed by atoms with van der Waals surface area (Å²) < 4.78 is 51.7. The maximum atomic E-state index is 16.7. The molecule has 2 aromatic heterocycles. The van der Waals surface area contributed by atoms with Crippen LogP contribution in [0.3, 0.4) is 0 Å². The first-order valence-electron chi connectivity index (χ1n) is 15.1. The van der Waals surface area contributed by atoms with Crippen LogP contribution in [-0.2, 0) is 0 Å². The van der Waals surface area contributed by atoms with Gasteiger partial charge in [-0.05, 0) is 69.3 Å². The molecule has 2 saturated heterocycles. The van der Waals surface area contributed by atoms with Gasteiger partial charge in [0.15, 0.2) is 5.82 Å². The molecule has 2 aromatic carbocycles. The number of aliphatic hydroxyl groups is 1. The van der Waals surface area contributed by atoms with E-state index in [2.05, 4.69) is 25.8 Å². The maximum Gasteiger partial charge on any atom is 0.319 e. The second-order valence-electron chi connectivity index (χ2n) is 13.0. The van der Waals surface area contributed by atoms with Crippen molar-refractivity contribution in [2.45, 2.75) is 38.7 Å². The van der Waals surface area contributed by atoms with E-state index in [-0.39, 0.29) is 58.6 Å². The van der Waals surface area contributed by atoms with Crippen LogP contribution in [-0.4, -0.2) is 82.2 Å². The van der Waals surface area contributed by atoms with E-state index in [1.165, 1.54) is 30.5 Å². The molecule has 45 heavy (non-hydrogen) atoms. The second-order valence-corrected chi connectivity index (χ2v) is 13.0. The highest BCUT2D eigenvalue weighted by atomic mass is 19.1. The minimum Gasteiger partial charge on any atom is -0.508 e. The lowest BCUT2D eigenvalue weighted by atomic mass is 9.73. The summed E-state index contributed by atoms with van der Waals surface area (Å²) >= 11 is 0. The fraction of sp³-hybridized carbons (Fsp3) is 0.441. The van der Waals surface area contributed by atoms with Gasteiger partial charge in [0.05, 0.1) is 29.8 Å². The fourth-order valence-corrected chi connectivity index (χ4v) is 6.87. The van der Waals surface area contributed by atoms with Crippen molar-refractivity contribution < 1.29 is 28.1 Å². The number of alkyl halides is 1. The zero-order valence-electron chi connectivity index (χ0n) is 25.6. The molecule has 3 atom stereocenters. The van der Waals surface area contributed by atoms with Gasteiger partial charge in [0, 0.05) is 42.2 Å². The molecule has 2 N–H and O–H groups in total. The monoisotopic (exact) mass is 619 g/mol. The average Bonchev–Trinajstić information content (AvgIpc) is 2.99. The molecular weight excluding hydrogens is 583 g/mol. The summed E-state index contributed by atoms with van der Waals surface area (Å²) in [6.07, 6.45) is 9.04. The van der Waals surface area contributed by atoms with Crippen molar-refractivity contribution in [3.63, 3.8) is 0 Å². The van der Waals surface area contributed by atoms with Crippen LogP contribution in [0.4, 0.5) is 19.0 Å². The summed E-state index contributed by atoms with van der Waals surface area (Å²) in [7, 11) is 1.98. The molecule has 4 aromatic rings. The second kappa shape index (κ2) is 11.7. The Morgan fingerprint density at radius 2 is 1.96 bits per heavy atom. The van der Waals surface area contributed by atoms with Crippen molar-refractivity contribution in [1.82, 2.24) is 19.9 Å². The number of ether oxygens (including phenoxy) is 1. The number of hydrogen-bond donors (Lipinski definition) is 2. The molecular formula is C34H36F3N5O3. The highest BCUT2D eigenvalue weighted by molar-refractivity contribution is 6.03. The van der Waals surface area contributed by atoms with Gasteiger partial charge >= 0.3 is 6.01 Å². The van der Waals surface area contributed by atoms with E-state index < -0.39 is 29.3 Å². The van der Waals surface area contributed by atoms with Gasteiger partial charge in [-0.3, -0.25) is 9.37 Å². The molecule has 0 unspecified atom stereocenters. The minimum absolute atomic E-state index is 0.0835. The number of likely N-dealkylation sites (tertiary alicyclic amines) is 1. The van der Waals surface area contributed by atoms with Crippen LogP contribution in [0.25, 0.3) is 32.9 Å². The summed E-state index contributed by atoms with van der Waals surface area (Å²) in [5.41, 5.74) is -1.80. The number of fused-ring (bicyclic) bond motifs is 2. The molecule has 0 spiro atoms. The Morgan fingerprint density at radius 3 is 2.69 bits per heavy atom. The molecule has 0 radical (unpaired) electrons. The van der Waals surface area contributed by atoms with Crippen LogP contribution in [0.2, 0.25) is 0 Å². The predicted octanol–water partition coefficient (Wildman–Crippen LogP) is 5.47. The van der Waals surface area contributed by atoms with E-state index in [0.717, 1.165) is 6.54 Å². The number of terminal acetylenes is 1. The standard InChI is InChI=1S/C34H36F3N5O3/c1-5-23-26(36)8-7-20-13-22(43)14-24(27(20)23)29-28(37)30-25(16-38-29)31(42-11-6-10-34(3,44)18-42)40-32(39-30)45-19-33(2)17-41(4)12-9-21(33)15-35/h1,7-8,13-14,16,21,43-44H,6,9-12,15,17-19H2,2-4H3/t21-,33+,34-/m1/s1. The van der Waals surface area contributed by atoms with Gasteiger partial charge in [0.1, 0.15) is 28.6 Å². The van der Waals surface area contributed by atoms with Crippen LogP contribution < -0.4 is 9.64 Å². The fourth-order valence-electron chi connectivity index (χ4n) is 6.87. The number of piperidine rings is 2. The third-order valence-corrected chi connectivity index (χ3v) is 9.26. The maximum absolute atomic E-state index is 16.7. The Morgan fingerprint density at radius 1 is 1.16 bits per heavy atom. The van der Waals surface area contributed by atoms with E-state index in [1.54, 1.807) is 6.92 Å². The largest absolute Gasteiger partial charge is 0.508 e. The van der Waals surface area contributed by atoms with Gasteiger partial charge < -0.3 is 24.7 Å². The van der Waals surface area contributed by atoms with Crippen molar-refractivity contribution in [2.24, 2.45) is 11.3 Å². The summed E-state index contributed by atoms with van der Waals surface area (Å²) in [6, 6.07) is 5.26. The predicted molar refractivity (Wildman–Crippen MR) is 167 cm³/mol. The van der Waals surface area contributed by atoms with Gasteiger partial charge in [-0.2, -0.15) is 9.97 Å². The molecule has 2 aliphatic rings. The number of nitrogens with zero attached hydrogens (tertiary/aromatic N) is 5. The summed E-state index contributed by atoms with van der Waals surface area (Å²) in [5.74, 6) is 0.790. The molecule has 236 valence electrons. The van der Waals surface area contributed by atoms with Crippen LogP contribution >= 0.6 is 0 Å². The van der Waals surface area contributed by atoms with Crippen molar-refractivity contribution in [1.29, 1.82) is 0 Å². The Bertz CT molecular complexity index is 1830. The Kier molecular flexibility index (Phi) is 8.00. The number of anilines is 1. The zero-order chi connectivity index (χ0) is 32.1. The SMILES string of the molecule is C#Cc1c(F)ccc2cc(O)cc(-c3ncc4c(N5CCC[C@@](C)(O)C5)nc(OC[C@]5(C)CN(C)CC[C@@H]5CF)nc4c3F)c12. The first-order chi connectivity index (χ1) is 21.4. The van der Waals surface area contributed by atoms with Gasteiger partial charge in [0.2, 0.25) is 0 Å². The molecule has 2 aliphatic heterocycles. The zero-order valence-corrected chi connectivity index (χ0v) is 25.6. The smallest absolute Gasteiger partial charge is 0.319 e. The molecule has 0 saturated carbocycles. The summed E-state index contributed by atoms with van der Waals surface area (Å²) in [6.45, 7) is 5.52. The van der Waals surface area contributed by atoms with Crippen molar-refractivity contribution >= 4 is 27.5 Å². The molecule has 2 fully saturated rings. The van der Waals surface area contributed by atoms with Crippen LogP contribution in [0, 0.1) is 35.3 Å². The normalized spacial score (nSPS) is 24.2. The van der Waals surface area contributed by atoms with Gasteiger partial charge in [-0.25, -0.2) is 8.78 Å². The highest BCUT2D eigenvalue weighted by Gasteiger charge is 2.40. The number of hydrogen-bond acceptors (Lipinski definition) is 8. The van der Waals surface area contributed by atoms with Gasteiger partial charge in [0.25, 0.3) is 0 Å². The van der Waals surface area contributed by atoms with Crippen LogP contribution in [0.1, 0.15) is 38.7 Å². The molecule has 6 rings (SSSR count). The molecule has 0 bridgehead atoms.